The third-order valence-corrected chi connectivity index (χ3v) is 2.00. The van der Waals surface area contributed by atoms with Crippen LogP contribution in [0.2, 0.25) is 0 Å². The van der Waals surface area contributed by atoms with Crippen molar-refractivity contribution in [3.05, 3.63) is 23.8 Å². The molecule has 0 fully saturated rings. The smallest absolute Gasteiger partial charge is 0.422 e. The molecule has 0 amide bonds. The van der Waals surface area contributed by atoms with Crippen molar-refractivity contribution in [1.82, 2.24) is 5.01 Å². The topological polar surface area (TPSA) is 56.1 Å². The van der Waals surface area contributed by atoms with Gasteiger partial charge in [0, 0.05) is 12.6 Å². The number of nitrogens with zero attached hydrogens (tertiary/aromatic N) is 2. The zero-order chi connectivity index (χ0) is 8.55. The predicted octanol–water partition coefficient (Wildman–Crippen LogP) is -0.488. The highest BCUT2D eigenvalue weighted by atomic mass is 16.4. The Morgan fingerprint density at radius 1 is 1.58 bits per heavy atom. The molecular formula is C7H9BN2O2. The molecule has 0 spiro atoms. The first-order valence-electron chi connectivity index (χ1n) is 3.85. The summed E-state index contributed by atoms with van der Waals surface area (Å²) in [4.78, 5) is 0. The lowest BCUT2D eigenvalue weighted by Crippen LogP contribution is -2.34. The van der Waals surface area contributed by atoms with Crippen LogP contribution in [-0.2, 0) is 0 Å². The molecule has 0 aromatic carbocycles. The highest BCUT2D eigenvalue weighted by Crippen LogP contribution is 2.22. The zero-order valence-corrected chi connectivity index (χ0v) is 6.46. The Balaban J connectivity index is 2.26. The number of hydrazone groups is 1. The first kappa shape index (κ1) is 7.58. The summed E-state index contributed by atoms with van der Waals surface area (Å²) in [5, 5.41) is 23.6. The monoisotopic (exact) mass is 164 g/mol. The van der Waals surface area contributed by atoms with Crippen LogP contribution < -0.4 is 0 Å². The fourth-order valence-electron chi connectivity index (χ4n) is 1.41. The summed E-state index contributed by atoms with van der Waals surface area (Å²) in [7, 11) is -1.44. The van der Waals surface area contributed by atoms with Gasteiger partial charge < -0.3 is 10.0 Å². The minimum Gasteiger partial charge on any atom is -0.422 e. The molecule has 2 aliphatic heterocycles. The summed E-state index contributed by atoms with van der Waals surface area (Å²) in [6.07, 6.45) is 8.07. The molecule has 0 saturated carbocycles. The molecule has 12 heavy (non-hydrogen) atoms. The predicted molar refractivity (Wildman–Crippen MR) is 46.2 cm³/mol. The van der Waals surface area contributed by atoms with Crippen molar-refractivity contribution in [3.8, 4) is 0 Å². The van der Waals surface area contributed by atoms with E-state index in [1.54, 1.807) is 17.3 Å². The lowest BCUT2D eigenvalue weighted by Gasteiger charge is -2.25. The van der Waals surface area contributed by atoms with Gasteiger partial charge in [0.1, 0.15) is 0 Å². The molecule has 2 aliphatic rings. The Morgan fingerprint density at radius 3 is 3.17 bits per heavy atom. The van der Waals surface area contributed by atoms with Crippen LogP contribution in [0.3, 0.4) is 0 Å². The fourth-order valence-corrected chi connectivity index (χ4v) is 1.41. The van der Waals surface area contributed by atoms with Crippen molar-refractivity contribution in [2.45, 2.75) is 12.5 Å². The van der Waals surface area contributed by atoms with Gasteiger partial charge in [-0.05, 0) is 6.08 Å². The highest BCUT2D eigenvalue weighted by Gasteiger charge is 2.29. The van der Waals surface area contributed by atoms with E-state index >= 15 is 0 Å². The van der Waals surface area contributed by atoms with Crippen LogP contribution in [0.25, 0.3) is 0 Å². The minimum absolute atomic E-state index is 0.173. The first-order chi connectivity index (χ1) is 5.79. The van der Waals surface area contributed by atoms with Crippen molar-refractivity contribution < 1.29 is 10.0 Å². The molecule has 4 nitrogen and oxygen atoms in total. The van der Waals surface area contributed by atoms with Gasteiger partial charge in [-0.25, -0.2) is 0 Å². The van der Waals surface area contributed by atoms with E-state index in [1.165, 1.54) is 0 Å². The van der Waals surface area contributed by atoms with Gasteiger partial charge in [-0.2, -0.15) is 5.10 Å². The number of hydrogen-bond acceptors (Lipinski definition) is 4. The minimum atomic E-state index is -1.44. The molecule has 2 rings (SSSR count). The summed E-state index contributed by atoms with van der Waals surface area (Å²) in [6.45, 7) is 0. The van der Waals surface area contributed by atoms with E-state index in [9.17, 15) is 0 Å². The Labute approximate surface area is 70.6 Å². The molecule has 2 heterocycles. The van der Waals surface area contributed by atoms with Crippen molar-refractivity contribution >= 4 is 13.3 Å². The lowest BCUT2D eigenvalue weighted by atomic mass is 9.83. The van der Waals surface area contributed by atoms with Crippen LogP contribution in [0.15, 0.2) is 28.9 Å². The Kier molecular flexibility index (Phi) is 1.75. The van der Waals surface area contributed by atoms with E-state index in [-0.39, 0.29) is 6.04 Å². The molecule has 1 atom stereocenters. The first-order valence-corrected chi connectivity index (χ1v) is 3.85. The van der Waals surface area contributed by atoms with Crippen LogP contribution in [0.4, 0.5) is 0 Å². The van der Waals surface area contributed by atoms with Gasteiger partial charge in [0.25, 0.3) is 0 Å². The molecule has 62 valence electrons. The van der Waals surface area contributed by atoms with Crippen molar-refractivity contribution in [2.24, 2.45) is 5.10 Å². The van der Waals surface area contributed by atoms with Gasteiger partial charge >= 0.3 is 7.12 Å². The molecule has 0 radical (unpaired) electrons. The average Bonchev–Trinajstić information content (AvgIpc) is 2.49. The molecule has 0 aliphatic carbocycles. The maximum atomic E-state index is 8.96. The second-order valence-electron chi connectivity index (χ2n) is 2.80. The summed E-state index contributed by atoms with van der Waals surface area (Å²) in [5.74, 6) is 0. The van der Waals surface area contributed by atoms with Gasteiger partial charge in [0.2, 0.25) is 0 Å². The van der Waals surface area contributed by atoms with E-state index < -0.39 is 7.12 Å². The number of fused-ring (bicyclic) bond motifs is 1. The van der Waals surface area contributed by atoms with Crippen LogP contribution >= 0.6 is 0 Å². The third kappa shape index (κ3) is 1.07. The quantitative estimate of drug-likeness (QED) is 0.514. The van der Waals surface area contributed by atoms with Crippen LogP contribution in [-0.4, -0.2) is 34.4 Å². The Hall–Kier alpha value is -1.07. The third-order valence-electron chi connectivity index (χ3n) is 2.00. The highest BCUT2D eigenvalue weighted by molar-refractivity contribution is 6.50. The maximum Gasteiger partial charge on any atom is 0.507 e. The average molecular weight is 164 g/mol. The molecular weight excluding hydrogens is 155 g/mol. The van der Waals surface area contributed by atoms with Crippen LogP contribution in [0.1, 0.15) is 6.42 Å². The SMILES string of the molecule is OB(O)C1=CC=CC2CC=NN12. The molecule has 0 aromatic rings. The molecule has 0 bridgehead atoms. The molecule has 0 saturated heterocycles. The summed E-state index contributed by atoms with van der Waals surface area (Å²) >= 11 is 0. The lowest BCUT2D eigenvalue weighted by molar-refractivity contribution is 0.317. The molecule has 1 unspecified atom stereocenters. The van der Waals surface area contributed by atoms with Crippen molar-refractivity contribution in [2.75, 3.05) is 0 Å². The summed E-state index contributed by atoms with van der Waals surface area (Å²) < 4.78 is 0. The summed E-state index contributed by atoms with van der Waals surface area (Å²) in [6, 6.07) is 0.173. The molecule has 0 aromatic heterocycles. The second kappa shape index (κ2) is 2.77. The number of hydrogen-bond donors (Lipinski definition) is 2. The number of allylic oxidation sites excluding steroid dienone is 2. The van der Waals surface area contributed by atoms with Crippen molar-refractivity contribution in [1.29, 1.82) is 0 Å². The zero-order valence-electron chi connectivity index (χ0n) is 6.46. The second-order valence-corrected chi connectivity index (χ2v) is 2.80. The van der Waals surface area contributed by atoms with Crippen molar-refractivity contribution in [3.63, 3.8) is 0 Å². The number of rotatable bonds is 1. The maximum absolute atomic E-state index is 8.96. The van der Waals surface area contributed by atoms with Gasteiger partial charge in [-0.15, -0.1) is 0 Å². The fraction of sp³-hybridized carbons (Fsp3) is 0.286. The standard InChI is InChI=1S/C7H9BN2O2/c11-8(12)7-3-1-2-6-4-5-9-10(6)7/h1-3,5-6,11-12H,4H2. The molecule has 2 N–H and O–H groups in total. The molecule has 5 heteroatoms. The van der Waals surface area contributed by atoms with Gasteiger partial charge in [0.05, 0.1) is 11.6 Å². The van der Waals surface area contributed by atoms with Crippen LogP contribution in [0.5, 0.6) is 0 Å². The van der Waals surface area contributed by atoms with Gasteiger partial charge in [0.15, 0.2) is 0 Å². The summed E-state index contributed by atoms with van der Waals surface area (Å²) in [5.41, 5.74) is 0.441. The Morgan fingerprint density at radius 2 is 2.42 bits per heavy atom. The Bertz CT molecular complexity index is 273. The largest absolute Gasteiger partial charge is 0.507 e. The normalized spacial score (nSPS) is 25.7. The van der Waals surface area contributed by atoms with E-state index in [4.69, 9.17) is 10.0 Å². The van der Waals surface area contributed by atoms with E-state index in [2.05, 4.69) is 5.10 Å². The van der Waals surface area contributed by atoms with Crippen LogP contribution in [0, 0.1) is 0 Å². The van der Waals surface area contributed by atoms with Gasteiger partial charge in [-0.3, -0.25) is 5.01 Å². The van der Waals surface area contributed by atoms with E-state index in [0.29, 0.717) is 5.60 Å². The van der Waals surface area contributed by atoms with Gasteiger partial charge in [-0.1, -0.05) is 12.2 Å². The van der Waals surface area contributed by atoms with E-state index in [0.717, 1.165) is 6.42 Å². The van der Waals surface area contributed by atoms with E-state index in [1.807, 2.05) is 12.2 Å².